The number of hydrogen-bond acceptors (Lipinski definition) is 3. The van der Waals surface area contributed by atoms with E-state index in [4.69, 9.17) is 5.73 Å². The second kappa shape index (κ2) is 6.11. The molecule has 1 aliphatic rings. The van der Waals surface area contributed by atoms with Gasteiger partial charge in [0.2, 0.25) is 0 Å². The molecule has 4 nitrogen and oxygen atoms in total. The van der Waals surface area contributed by atoms with Gasteiger partial charge in [-0.3, -0.25) is 0 Å². The van der Waals surface area contributed by atoms with Crippen molar-refractivity contribution in [2.75, 3.05) is 29.9 Å². The van der Waals surface area contributed by atoms with Crippen LogP contribution >= 0.6 is 11.8 Å². The van der Waals surface area contributed by atoms with Gasteiger partial charge in [-0.05, 0) is 24.6 Å². The Labute approximate surface area is 112 Å². The highest BCUT2D eigenvalue weighted by Gasteiger charge is 2.16. The highest BCUT2D eigenvalue weighted by Crippen LogP contribution is 2.17. The van der Waals surface area contributed by atoms with Crippen LogP contribution < -0.4 is 11.1 Å². The number of thioether (sulfide) groups is 1. The second-order valence-corrected chi connectivity index (χ2v) is 5.67. The molecule has 0 bridgehead atoms. The first-order chi connectivity index (χ1) is 8.66. The van der Waals surface area contributed by atoms with Gasteiger partial charge in [-0.15, -0.1) is 0 Å². The lowest BCUT2D eigenvalue weighted by Gasteiger charge is -2.26. The second-order valence-electron chi connectivity index (χ2n) is 4.44. The zero-order valence-electron chi connectivity index (χ0n) is 10.6. The average Bonchev–Trinajstić information content (AvgIpc) is 2.40. The van der Waals surface area contributed by atoms with Gasteiger partial charge in [0.05, 0.1) is 0 Å². The number of carbonyl (C=O) groups excluding carboxylic acids is 1. The van der Waals surface area contributed by atoms with E-state index < -0.39 is 0 Å². The van der Waals surface area contributed by atoms with Crippen molar-refractivity contribution in [2.45, 2.75) is 13.0 Å². The van der Waals surface area contributed by atoms with Crippen molar-refractivity contribution in [1.82, 2.24) is 4.90 Å². The third kappa shape index (κ3) is 3.40. The van der Waals surface area contributed by atoms with E-state index >= 15 is 0 Å². The largest absolute Gasteiger partial charge is 0.324 e. The van der Waals surface area contributed by atoms with Crippen LogP contribution in [0.2, 0.25) is 0 Å². The summed E-state index contributed by atoms with van der Waals surface area (Å²) in [5, 5.41) is 2.93. The lowest BCUT2D eigenvalue weighted by molar-refractivity contribution is 0.217. The quantitative estimate of drug-likeness (QED) is 0.862. The first-order valence-corrected chi connectivity index (χ1v) is 7.31. The number of anilines is 1. The molecule has 0 aromatic heterocycles. The number of nitrogens with two attached hydrogens (primary N) is 1. The molecule has 1 fully saturated rings. The van der Waals surface area contributed by atoms with Gasteiger partial charge < -0.3 is 16.0 Å². The molecule has 2 rings (SSSR count). The minimum atomic E-state index is -0.0201. The molecular formula is C13H19N3OS. The van der Waals surface area contributed by atoms with Crippen LogP contribution in [0, 0.1) is 0 Å². The van der Waals surface area contributed by atoms with Crippen molar-refractivity contribution in [1.29, 1.82) is 0 Å². The third-order valence-electron chi connectivity index (χ3n) is 2.96. The predicted molar refractivity (Wildman–Crippen MR) is 77.0 cm³/mol. The molecule has 0 saturated carbocycles. The van der Waals surface area contributed by atoms with E-state index in [1.54, 1.807) is 0 Å². The van der Waals surface area contributed by atoms with Crippen LogP contribution in [0.1, 0.15) is 18.5 Å². The number of nitrogens with zero attached hydrogens (tertiary/aromatic N) is 1. The fraction of sp³-hybridized carbons (Fsp3) is 0.462. The monoisotopic (exact) mass is 265 g/mol. The van der Waals surface area contributed by atoms with E-state index in [2.05, 4.69) is 5.32 Å². The molecule has 1 saturated heterocycles. The molecule has 1 aliphatic heterocycles. The molecule has 1 atom stereocenters. The van der Waals surface area contributed by atoms with Crippen molar-refractivity contribution < 1.29 is 4.79 Å². The fourth-order valence-electron chi connectivity index (χ4n) is 1.87. The molecule has 0 spiro atoms. The molecule has 1 aromatic rings. The Morgan fingerprint density at radius 2 is 2.17 bits per heavy atom. The average molecular weight is 265 g/mol. The number of urea groups is 1. The molecule has 1 heterocycles. The summed E-state index contributed by atoms with van der Waals surface area (Å²) in [6.07, 6.45) is 0. The van der Waals surface area contributed by atoms with Crippen LogP contribution in [0.15, 0.2) is 24.3 Å². The van der Waals surface area contributed by atoms with E-state index in [1.807, 2.05) is 47.9 Å². The molecule has 0 radical (unpaired) electrons. The minimum absolute atomic E-state index is 0.0166. The summed E-state index contributed by atoms with van der Waals surface area (Å²) in [5.41, 5.74) is 7.67. The maximum absolute atomic E-state index is 12.0. The molecule has 98 valence electrons. The normalized spacial score (nSPS) is 17.3. The Morgan fingerprint density at radius 1 is 1.44 bits per heavy atom. The molecule has 1 unspecified atom stereocenters. The van der Waals surface area contributed by atoms with Gasteiger partial charge in [-0.2, -0.15) is 11.8 Å². The van der Waals surface area contributed by atoms with Crippen molar-refractivity contribution in [3.63, 3.8) is 0 Å². The molecule has 2 amide bonds. The lowest BCUT2D eigenvalue weighted by Crippen LogP contribution is -2.40. The molecule has 0 aliphatic carbocycles. The number of nitrogens with one attached hydrogen (secondary N) is 1. The maximum atomic E-state index is 12.0. The van der Waals surface area contributed by atoms with Crippen LogP contribution in [0.5, 0.6) is 0 Å². The summed E-state index contributed by atoms with van der Waals surface area (Å²) in [6.45, 7) is 3.58. The Bertz CT molecular complexity index is 416. The summed E-state index contributed by atoms with van der Waals surface area (Å²) < 4.78 is 0. The van der Waals surface area contributed by atoms with Crippen LogP contribution in [0.3, 0.4) is 0 Å². The third-order valence-corrected chi connectivity index (χ3v) is 3.90. The van der Waals surface area contributed by atoms with Crippen molar-refractivity contribution in [3.05, 3.63) is 29.8 Å². The number of carbonyl (C=O) groups is 1. The fourth-order valence-corrected chi connectivity index (χ4v) is 2.77. The number of hydrogen-bond donors (Lipinski definition) is 2. The first-order valence-electron chi connectivity index (χ1n) is 6.16. The molecule has 18 heavy (non-hydrogen) atoms. The van der Waals surface area contributed by atoms with Gasteiger partial charge in [0.15, 0.2) is 0 Å². The molecular weight excluding hydrogens is 246 g/mol. The zero-order valence-corrected chi connectivity index (χ0v) is 11.4. The zero-order chi connectivity index (χ0) is 13.0. The molecule has 1 aromatic carbocycles. The highest BCUT2D eigenvalue weighted by molar-refractivity contribution is 7.99. The van der Waals surface area contributed by atoms with E-state index in [-0.39, 0.29) is 12.1 Å². The summed E-state index contributed by atoms with van der Waals surface area (Å²) in [4.78, 5) is 13.9. The van der Waals surface area contributed by atoms with Crippen molar-refractivity contribution in [3.8, 4) is 0 Å². The van der Waals surface area contributed by atoms with E-state index in [0.717, 1.165) is 35.8 Å². The van der Waals surface area contributed by atoms with E-state index in [9.17, 15) is 4.79 Å². The van der Waals surface area contributed by atoms with Gasteiger partial charge in [-0.1, -0.05) is 12.1 Å². The van der Waals surface area contributed by atoms with E-state index in [0.29, 0.717) is 0 Å². The number of amides is 2. The molecule has 5 heteroatoms. The Morgan fingerprint density at radius 3 is 2.83 bits per heavy atom. The number of rotatable bonds is 2. The van der Waals surface area contributed by atoms with Gasteiger partial charge in [0, 0.05) is 36.3 Å². The highest BCUT2D eigenvalue weighted by atomic mass is 32.2. The Hall–Kier alpha value is -1.20. The molecule has 3 N–H and O–H groups in total. The lowest BCUT2D eigenvalue weighted by atomic mass is 10.1. The van der Waals surface area contributed by atoms with Gasteiger partial charge >= 0.3 is 6.03 Å². The summed E-state index contributed by atoms with van der Waals surface area (Å²) in [6, 6.07) is 7.67. The van der Waals surface area contributed by atoms with Crippen LogP contribution in [0.4, 0.5) is 10.5 Å². The number of benzene rings is 1. The SMILES string of the molecule is CC(N)c1cccc(NC(=O)N2CCSCC2)c1. The van der Waals surface area contributed by atoms with Crippen LogP contribution in [-0.4, -0.2) is 35.5 Å². The van der Waals surface area contributed by atoms with E-state index in [1.165, 1.54) is 0 Å². The van der Waals surface area contributed by atoms with Gasteiger partial charge in [-0.25, -0.2) is 4.79 Å². The predicted octanol–water partition coefficient (Wildman–Crippen LogP) is 2.29. The van der Waals surface area contributed by atoms with Crippen molar-refractivity contribution >= 4 is 23.5 Å². The minimum Gasteiger partial charge on any atom is -0.324 e. The van der Waals surface area contributed by atoms with Crippen LogP contribution in [0.25, 0.3) is 0 Å². The summed E-state index contributed by atoms with van der Waals surface area (Å²) >= 11 is 1.89. The standard InChI is InChI=1S/C13H19N3OS/c1-10(14)11-3-2-4-12(9-11)15-13(17)16-5-7-18-8-6-16/h2-4,9-10H,5-8,14H2,1H3,(H,15,17). The topological polar surface area (TPSA) is 58.4 Å². The smallest absolute Gasteiger partial charge is 0.321 e. The summed E-state index contributed by atoms with van der Waals surface area (Å²) in [5.74, 6) is 2.04. The Kier molecular flexibility index (Phi) is 4.49. The Balaban J connectivity index is 1.99. The maximum Gasteiger partial charge on any atom is 0.321 e. The first kappa shape index (κ1) is 13.2. The summed E-state index contributed by atoms with van der Waals surface area (Å²) in [7, 11) is 0. The van der Waals surface area contributed by atoms with Gasteiger partial charge in [0.25, 0.3) is 0 Å². The van der Waals surface area contributed by atoms with Crippen molar-refractivity contribution in [2.24, 2.45) is 5.73 Å². The van der Waals surface area contributed by atoms with Crippen LogP contribution in [-0.2, 0) is 0 Å². The van der Waals surface area contributed by atoms with Gasteiger partial charge in [0.1, 0.15) is 0 Å².